The summed E-state index contributed by atoms with van der Waals surface area (Å²) in [5, 5.41) is 4.00. The normalized spacial score (nSPS) is 16.0. The van der Waals surface area contributed by atoms with Crippen molar-refractivity contribution in [2.24, 2.45) is 0 Å². The molecular formula is C22H22FN3O4. The van der Waals surface area contributed by atoms with Gasteiger partial charge in [0.1, 0.15) is 11.8 Å². The molecule has 1 aliphatic heterocycles. The highest BCUT2D eigenvalue weighted by Crippen LogP contribution is 2.36. The van der Waals surface area contributed by atoms with E-state index in [2.05, 4.69) is 10.1 Å². The summed E-state index contributed by atoms with van der Waals surface area (Å²) >= 11 is 0. The van der Waals surface area contributed by atoms with Crippen molar-refractivity contribution < 1.29 is 23.2 Å². The number of hydrogen-bond acceptors (Lipinski definition) is 6. The van der Waals surface area contributed by atoms with Gasteiger partial charge in [-0.25, -0.2) is 4.39 Å². The van der Waals surface area contributed by atoms with Gasteiger partial charge in [-0.15, -0.1) is 0 Å². The van der Waals surface area contributed by atoms with Gasteiger partial charge in [-0.2, -0.15) is 4.98 Å². The monoisotopic (exact) mass is 411 g/mol. The second-order valence-electron chi connectivity index (χ2n) is 7.12. The Hall–Kier alpha value is -3.42. The maximum Gasteiger partial charge on any atom is 0.254 e. The number of carbonyl (C=O) groups is 1. The number of halogens is 1. The summed E-state index contributed by atoms with van der Waals surface area (Å²) in [6, 6.07) is 9.56. The van der Waals surface area contributed by atoms with E-state index in [1.54, 1.807) is 36.3 Å². The van der Waals surface area contributed by atoms with E-state index in [4.69, 9.17) is 14.0 Å². The van der Waals surface area contributed by atoms with Crippen LogP contribution in [0, 0.1) is 12.7 Å². The van der Waals surface area contributed by atoms with Crippen molar-refractivity contribution in [2.45, 2.75) is 25.8 Å². The van der Waals surface area contributed by atoms with Gasteiger partial charge in [-0.3, -0.25) is 4.79 Å². The number of hydrogen-bond donors (Lipinski definition) is 0. The van der Waals surface area contributed by atoms with Crippen LogP contribution < -0.4 is 9.47 Å². The van der Waals surface area contributed by atoms with Gasteiger partial charge in [-0.05, 0) is 49.6 Å². The van der Waals surface area contributed by atoms with E-state index in [1.807, 2.05) is 13.0 Å². The van der Waals surface area contributed by atoms with Gasteiger partial charge in [0.25, 0.3) is 5.91 Å². The van der Waals surface area contributed by atoms with Crippen LogP contribution in [-0.2, 0) is 0 Å². The Morgan fingerprint density at radius 2 is 2.07 bits per heavy atom. The molecule has 0 unspecified atom stereocenters. The fourth-order valence-corrected chi connectivity index (χ4v) is 3.76. The van der Waals surface area contributed by atoms with E-state index < -0.39 is 5.82 Å². The van der Waals surface area contributed by atoms with Crippen LogP contribution in [0.4, 0.5) is 4.39 Å². The molecule has 0 bridgehead atoms. The molecule has 0 N–H and O–H groups in total. The predicted molar refractivity (Wildman–Crippen MR) is 107 cm³/mol. The van der Waals surface area contributed by atoms with Crippen molar-refractivity contribution in [3.63, 3.8) is 0 Å². The van der Waals surface area contributed by atoms with Gasteiger partial charge in [0, 0.05) is 12.1 Å². The number of nitrogens with zero attached hydrogens (tertiary/aromatic N) is 3. The highest BCUT2D eigenvalue weighted by atomic mass is 19.1. The minimum Gasteiger partial charge on any atom is -0.496 e. The van der Waals surface area contributed by atoms with Gasteiger partial charge in [0.2, 0.25) is 11.7 Å². The number of amides is 1. The molecule has 0 spiro atoms. The summed E-state index contributed by atoms with van der Waals surface area (Å²) < 4.78 is 30.0. The lowest BCUT2D eigenvalue weighted by Gasteiger charge is -2.22. The molecule has 3 aromatic rings. The quantitative estimate of drug-likeness (QED) is 0.627. The molecule has 1 amide bonds. The van der Waals surface area contributed by atoms with E-state index >= 15 is 0 Å². The molecule has 1 atom stereocenters. The topological polar surface area (TPSA) is 77.7 Å². The number of aryl methyl sites for hydroxylation is 1. The maximum absolute atomic E-state index is 14.0. The molecule has 1 saturated heterocycles. The summed E-state index contributed by atoms with van der Waals surface area (Å²) in [6.45, 7) is 2.51. The molecule has 2 heterocycles. The van der Waals surface area contributed by atoms with Crippen LogP contribution in [0.15, 0.2) is 40.9 Å². The van der Waals surface area contributed by atoms with Crippen LogP contribution in [0.1, 0.15) is 40.7 Å². The van der Waals surface area contributed by atoms with Crippen molar-refractivity contribution in [2.75, 3.05) is 20.8 Å². The Kier molecular flexibility index (Phi) is 5.39. The molecule has 30 heavy (non-hydrogen) atoms. The van der Waals surface area contributed by atoms with E-state index in [0.717, 1.165) is 12.0 Å². The molecule has 7 nitrogen and oxygen atoms in total. The average Bonchev–Trinajstić information content (AvgIpc) is 3.43. The van der Waals surface area contributed by atoms with Crippen LogP contribution in [-0.4, -0.2) is 41.7 Å². The molecular weight excluding hydrogens is 389 g/mol. The Bertz CT molecular complexity index is 1080. The Balaban J connectivity index is 1.62. The summed E-state index contributed by atoms with van der Waals surface area (Å²) in [4.78, 5) is 19.3. The number of carbonyl (C=O) groups excluding carboxylic acids is 1. The molecule has 0 aliphatic carbocycles. The smallest absolute Gasteiger partial charge is 0.254 e. The number of benzene rings is 2. The molecule has 2 aromatic carbocycles. The van der Waals surface area contributed by atoms with Gasteiger partial charge in [0.05, 0.1) is 19.8 Å². The first-order valence-corrected chi connectivity index (χ1v) is 9.65. The van der Waals surface area contributed by atoms with Crippen molar-refractivity contribution in [1.82, 2.24) is 15.0 Å². The van der Waals surface area contributed by atoms with Crippen LogP contribution in [0.25, 0.3) is 11.4 Å². The number of likely N-dealkylation sites (tertiary alicyclic amines) is 1. The average molecular weight is 411 g/mol. The molecule has 0 saturated carbocycles. The SMILES string of the molecule is COc1cc(C(=O)N2CCC[C@H]2c2nc(-c3cccc(F)c3OC)no2)ccc1C. The molecule has 1 aliphatic rings. The summed E-state index contributed by atoms with van der Waals surface area (Å²) in [5.41, 5.74) is 1.89. The lowest BCUT2D eigenvalue weighted by Crippen LogP contribution is -2.30. The van der Waals surface area contributed by atoms with Crippen LogP contribution in [0.5, 0.6) is 11.5 Å². The minimum atomic E-state index is -0.507. The van der Waals surface area contributed by atoms with Crippen LogP contribution in [0.2, 0.25) is 0 Å². The number of rotatable bonds is 5. The molecule has 1 aromatic heterocycles. The summed E-state index contributed by atoms with van der Waals surface area (Å²) in [5.74, 6) is 0.621. The number of aromatic nitrogens is 2. The second-order valence-corrected chi connectivity index (χ2v) is 7.12. The van der Waals surface area contributed by atoms with Crippen molar-refractivity contribution in [3.05, 3.63) is 59.2 Å². The van der Waals surface area contributed by atoms with Crippen molar-refractivity contribution in [1.29, 1.82) is 0 Å². The first-order chi connectivity index (χ1) is 14.5. The fourth-order valence-electron chi connectivity index (χ4n) is 3.76. The van der Waals surface area contributed by atoms with Gasteiger partial charge >= 0.3 is 0 Å². The number of methoxy groups -OCH3 is 2. The zero-order chi connectivity index (χ0) is 21.3. The van der Waals surface area contributed by atoms with Gasteiger partial charge in [0.15, 0.2) is 11.6 Å². The molecule has 8 heteroatoms. The van der Waals surface area contributed by atoms with Crippen molar-refractivity contribution >= 4 is 5.91 Å². The molecule has 156 valence electrons. The largest absolute Gasteiger partial charge is 0.496 e. The lowest BCUT2D eigenvalue weighted by molar-refractivity contribution is 0.0709. The van der Waals surface area contributed by atoms with E-state index in [-0.39, 0.29) is 23.5 Å². The zero-order valence-electron chi connectivity index (χ0n) is 17.0. The highest BCUT2D eigenvalue weighted by Gasteiger charge is 2.35. The maximum atomic E-state index is 14.0. The second kappa shape index (κ2) is 8.14. The summed E-state index contributed by atoms with van der Waals surface area (Å²) in [7, 11) is 2.96. The fraction of sp³-hybridized carbons (Fsp3) is 0.318. The van der Waals surface area contributed by atoms with Gasteiger partial charge < -0.3 is 18.9 Å². The number of para-hydroxylation sites is 1. The predicted octanol–water partition coefficient (Wildman–Crippen LogP) is 4.18. The van der Waals surface area contributed by atoms with Crippen molar-refractivity contribution in [3.8, 4) is 22.9 Å². The molecule has 1 fully saturated rings. The third-order valence-corrected chi connectivity index (χ3v) is 5.31. The molecule has 4 rings (SSSR count). The Morgan fingerprint density at radius 3 is 2.83 bits per heavy atom. The third-order valence-electron chi connectivity index (χ3n) is 5.31. The standard InChI is InChI=1S/C22H22FN3O4/c1-13-9-10-14(12-18(13)28-2)22(27)26-11-5-8-17(26)21-24-20(25-30-21)15-6-4-7-16(23)19(15)29-3/h4,6-7,9-10,12,17H,5,8,11H2,1-3H3/t17-/m0/s1. The Morgan fingerprint density at radius 1 is 1.23 bits per heavy atom. The first-order valence-electron chi connectivity index (χ1n) is 9.65. The van der Waals surface area contributed by atoms with Crippen LogP contribution >= 0.6 is 0 Å². The lowest BCUT2D eigenvalue weighted by atomic mass is 10.1. The van der Waals surface area contributed by atoms with E-state index in [9.17, 15) is 9.18 Å². The van der Waals surface area contributed by atoms with Gasteiger partial charge in [-0.1, -0.05) is 17.3 Å². The Labute approximate surface area is 173 Å². The highest BCUT2D eigenvalue weighted by molar-refractivity contribution is 5.95. The summed E-state index contributed by atoms with van der Waals surface area (Å²) in [6.07, 6.45) is 1.52. The first kappa shape index (κ1) is 19.9. The van der Waals surface area contributed by atoms with E-state index in [0.29, 0.717) is 35.7 Å². The van der Waals surface area contributed by atoms with Crippen LogP contribution in [0.3, 0.4) is 0 Å². The number of ether oxygens (including phenoxy) is 2. The molecule has 0 radical (unpaired) electrons. The minimum absolute atomic E-state index is 0.0518. The zero-order valence-corrected chi connectivity index (χ0v) is 17.0. The van der Waals surface area contributed by atoms with E-state index in [1.165, 1.54) is 13.2 Å². The third kappa shape index (κ3) is 3.49.